The zero-order valence-corrected chi connectivity index (χ0v) is 9.71. The molecule has 0 atom stereocenters. The minimum atomic E-state index is 0. The molecule has 0 rings (SSSR count). The monoisotopic (exact) mass is 248 g/mol. The zero-order valence-electron chi connectivity index (χ0n) is 4.59. The summed E-state index contributed by atoms with van der Waals surface area (Å²) in [6.07, 6.45) is 0. The summed E-state index contributed by atoms with van der Waals surface area (Å²) in [5.74, 6) is 1.42. The van der Waals surface area contributed by atoms with Crippen molar-refractivity contribution in [2.45, 2.75) is 20.8 Å². The van der Waals surface area contributed by atoms with Gasteiger partial charge in [0.15, 0.2) is 0 Å². The molecule has 34 valence electrons. The van der Waals surface area contributed by atoms with E-state index in [1.807, 2.05) is 0 Å². The molecule has 0 amide bonds. The van der Waals surface area contributed by atoms with Crippen LogP contribution in [0.1, 0.15) is 20.8 Å². The summed E-state index contributed by atoms with van der Waals surface area (Å²) in [5.41, 5.74) is 0. The molecular formula is C4H9IZn. The Bertz CT molecular complexity index is 12.3. The Morgan fingerprint density at radius 3 is 1.00 bits per heavy atom. The van der Waals surface area contributed by atoms with Gasteiger partial charge in [0.25, 0.3) is 0 Å². The van der Waals surface area contributed by atoms with Crippen molar-refractivity contribution in [2.75, 3.05) is 0 Å². The van der Waals surface area contributed by atoms with E-state index < -0.39 is 0 Å². The fourth-order valence-electron chi connectivity index (χ4n) is 0. The van der Waals surface area contributed by atoms with E-state index in [1.165, 1.54) is 5.92 Å². The van der Waals surface area contributed by atoms with Gasteiger partial charge in [-0.25, -0.2) is 0 Å². The molecule has 0 radical (unpaired) electrons. The second-order valence-corrected chi connectivity index (χ2v) is 1.50. The zero-order chi connectivity index (χ0) is 3.58. The van der Waals surface area contributed by atoms with E-state index in [1.54, 1.807) is 0 Å². The summed E-state index contributed by atoms with van der Waals surface area (Å²) in [5, 5.41) is 0. The van der Waals surface area contributed by atoms with Crippen LogP contribution in [0, 0.1) is 5.92 Å². The van der Waals surface area contributed by atoms with E-state index in [4.69, 9.17) is 0 Å². The van der Waals surface area contributed by atoms with Crippen LogP contribution >= 0.6 is 0 Å². The first kappa shape index (κ1) is 15.7. The Kier molecular flexibility index (Phi) is 25.1. The van der Waals surface area contributed by atoms with Gasteiger partial charge in [0.05, 0.1) is 0 Å². The first-order valence-electron chi connectivity index (χ1n) is 1.50. The molecule has 0 bridgehead atoms. The maximum Gasteiger partial charge on any atom is 2.00 e. The van der Waals surface area contributed by atoms with Gasteiger partial charge in [0.1, 0.15) is 0 Å². The Labute approximate surface area is 69.9 Å². The van der Waals surface area contributed by atoms with Gasteiger partial charge >= 0.3 is 19.5 Å². The molecule has 0 fully saturated rings. The van der Waals surface area contributed by atoms with E-state index in [-0.39, 0.29) is 43.5 Å². The smallest absolute Gasteiger partial charge is 1.00 e. The van der Waals surface area contributed by atoms with Gasteiger partial charge in [0.2, 0.25) is 0 Å². The third-order valence-corrected chi connectivity index (χ3v) is 0. The number of rotatable bonds is 0. The molecule has 0 aromatic carbocycles. The van der Waals surface area contributed by atoms with Crippen LogP contribution in [0.15, 0.2) is 0 Å². The average molecular weight is 249 g/mol. The maximum atomic E-state index is 2.08. The molecule has 0 spiro atoms. The third-order valence-electron chi connectivity index (χ3n) is 0. The molecule has 0 aromatic heterocycles. The molecule has 0 saturated carbocycles. The van der Waals surface area contributed by atoms with Gasteiger partial charge in [-0.2, -0.15) is 20.8 Å². The minimum absolute atomic E-state index is 0. The van der Waals surface area contributed by atoms with E-state index in [2.05, 4.69) is 20.8 Å². The van der Waals surface area contributed by atoms with Gasteiger partial charge in [-0.3, -0.25) is 0 Å². The number of hydrogen-bond donors (Lipinski definition) is 0. The number of hydrogen-bond acceptors (Lipinski definition) is 0. The topological polar surface area (TPSA) is 0 Å². The fourth-order valence-corrected chi connectivity index (χ4v) is 0. The Hall–Kier alpha value is 1.35. The van der Waals surface area contributed by atoms with Crippen molar-refractivity contribution in [2.24, 2.45) is 0 Å². The first-order chi connectivity index (χ1) is 1.73. The molecule has 0 aliphatic carbocycles. The van der Waals surface area contributed by atoms with Gasteiger partial charge in [-0.05, 0) is 0 Å². The van der Waals surface area contributed by atoms with Crippen LogP contribution in [0.2, 0.25) is 0 Å². The molecule has 0 unspecified atom stereocenters. The summed E-state index contributed by atoms with van der Waals surface area (Å²) >= 11 is 0. The molecule has 0 saturated heterocycles. The second kappa shape index (κ2) is 9.61. The van der Waals surface area contributed by atoms with E-state index in [9.17, 15) is 0 Å². The summed E-state index contributed by atoms with van der Waals surface area (Å²) in [4.78, 5) is 0. The third kappa shape index (κ3) is 55.4. The van der Waals surface area contributed by atoms with Crippen LogP contribution in [0.4, 0.5) is 0 Å². The summed E-state index contributed by atoms with van der Waals surface area (Å²) < 4.78 is 0. The first-order valence-corrected chi connectivity index (χ1v) is 1.50. The molecule has 0 aromatic rings. The van der Waals surface area contributed by atoms with Crippen molar-refractivity contribution >= 4 is 0 Å². The van der Waals surface area contributed by atoms with Crippen molar-refractivity contribution in [3.63, 3.8) is 0 Å². The van der Waals surface area contributed by atoms with Crippen LogP contribution in [0.25, 0.3) is 0 Å². The predicted molar refractivity (Wildman–Crippen MR) is 20.3 cm³/mol. The standard InChI is InChI=1S/C4H9.HI.Zn/c1-4(2)3;;/h1-3H3;1H;/q-1;;+2/p-1. The van der Waals surface area contributed by atoms with Crippen LogP contribution in [-0.4, -0.2) is 0 Å². The van der Waals surface area contributed by atoms with Crippen LogP contribution in [0.3, 0.4) is 0 Å². The molecule has 0 nitrogen and oxygen atoms in total. The Morgan fingerprint density at radius 2 is 1.00 bits per heavy atom. The van der Waals surface area contributed by atoms with Crippen molar-refractivity contribution in [3.05, 3.63) is 5.92 Å². The van der Waals surface area contributed by atoms with E-state index in [0.29, 0.717) is 0 Å². The molecule has 0 heterocycles. The molecule has 0 aliphatic heterocycles. The molecular weight excluding hydrogens is 240 g/mol. The maximum absolute atomic E-state index is 2.08. The van der Waals surface area contributed by atoms with Gasteiger partial charge in [-0.1, -0.05) is 0 Å². The minimum Gasteiger partial charge on any atom is -1.00 e. The second-order valence-electron chi connectivity index (χ2n) is 1.50. The van der Waals surface area contributed by atoms with Crippen LogP contribution in [-0.2, 0) is 19.5 Å². The van der Waals surface area contributed by atoms with Crippen molar-refractivity contribution < 1.29 is 43.5 Å². The predicted octanol–water partition coefficient (Wildman–Crippen LogP) is -1.38. The largest absolute Gasteiger partial charge is 2.00 e. The van der Waals surface area contributed by atoms with E-state index in [0.717, 1.165) is 0 Å². The quantitative estimate of drug-likeness (QED) is 0.282. The van der Waals surface area contributed by atoms with E-state index >= 15 is 0 Å². The van der Waals surface area contributed by atoms with Crippen LogP contribution < -0.4 is 24.0 Å². The average Bonchev–Trinajstić information content (AvgIpc) is 0.811. The van der Waals surface area contributed by atoms with Crippen molar-refractivity contribution in [1.82, 2.24) is 0 Å². The van der Waals surface area contributed by atoms with Gasteiger partial charge in [-0.15, -0.1) is 0 Å². The van der Waals surface area contributed by atoms with Crippen molar-refractivity contribution in [1.29, 1.82) is 0 Å². The fraction of sp³-hybridized carbons (Fsp3) is 0.750. The Morgan fingerprint density at radius 1 is 1.00 bits per heavy atom. The molecule has 6 heavy (non-hydrogen) atoms. The van der Waals surface area contributed by atoms with Gasteiger partial charge in [0, 0.05) is 0 Å². The Balaban J connectivity index is -0.0000000450. The van der Waals surface area contributed by atoms with Crippen molar-refractivity contribution in [3.8, 4) is 0 Å². The molecule has 0 N–H and O–H groups in total. The van der Waals surface area contributed by atoms with Gasteiger partial charge < -0.3 is 29.9 Å². The SMILES string of the molecule is C[C-](C)C.[I-].[Zn+2]. The normalized spacial score (nSPS) is 6.00. The molecule has 0 aliphatic rings. The summed E-state index contributed by atoms with van der Waals surface area (Å²) in [6, 6.07) is 0. The number of halogens is 1. The van der Waals surface area contributed by atoms with Crippen LogP contribution in [0.5, 0.6) is 0 Å². The summed E-state index contributed by atoms with van der Waals surface area (Å²) in [7, 11) is 0. The summed E-state index contributed by atoms with van der Waals surface area (Å²) in [6.45, 7) is 6.25. The molecule has 2 heteroatoms.